The van der Waals surface area contributed by atoms with Crippen LogP contribution in [-0.2, 0) is 9.47 Å². The Kier molecular flexibility index (Phi) is 3.15. The van der Waals surface area contributed by atoms with Crippen LogP contribution in [0.1, 0.15) is 25.3 Å². The van der Waals surface area contributed by atoms with Gasteiger partial charge in [-0.05, 0) is 31.5 Å². The second-order valence-corrected chi connectivity index (χ2v) is 6.59. The molecule has 4 rings (SSSR count). The van der Waals surface area contributed by atoms with E-state index in [4.69, 9.17) is 19.9 Å². The van der Waals surface area contributed by atoms with Crippen LogP contribution in [0.15, 0.2) is 29.3 Å². The van der Waals surface area contributed by atoms with E-state index in [-0.39, 0.29) is 11.9 Å². The molecule has 25 heavy (non-hydrogen) atoms. The number of amidine groups is 1. The summed E-state index contributed by atoms with van der Waals surface area (Å²) >= 11 is 0. The normalized spacial score (nSPS) is 40.9. The number of nitrogens with zero attached hydrogens (tertiary/aromatic N) is 3. The molecule has 1 aliphatic carbocycles. The van der Waals surface area contributed by atoms with E-state index in [2.05, 4.69) is 17.1 Å². The van der Waals surface area contributed by atoms with Crippen LogP contribution < -0.4 is 10.5 Å². The molecule has 0 unspecified atom stereocenters. The van der Waals surface area contributed by atoms with Crippen LogP contribution in [0.4, 0.5) is 0 Å². The maximum absolute atomic E-state index is 10.0. The van der Waals surface area contributed by atoms with E-state index in [1.165, 1.54) is 0 Å². The number of aliphatic imine (C=N–C) groups is 1. The minimum Gasteiger partial charge on any atom is -0.494 e. The largest absolute Gasteiger partial charge is 0.494 e. The van der Waals surface area contributed by atoms with Crippen LogP contribution in [0, 0.1) is 33.5 Å². The minimum atomic E-state index is -1.51. The van der Waals surface area contributed by atoms with Crippen LogP contribution >= 0.6 is 0 Å². The van der Waals surface area contributed by atoms with Gasteiger partial charge in [-0.3, -0.25) is 0 Å². The molecule has 0 bridgehead atoms. The molecule has 1 aromatic carbocycles. The van der Waals surface area contributed by atoms with Crippen molar-refractivity contribution in [3.05, 3.63) is 29.8 Å². The molecular formula is C18H18N4O3. The molecule has 0 radical (unpaired) electrons. The summed E-state index contributed by atoms with van der Waals surface area (Å²) in [6.45, 7) is 4.62. The second-order valence-electron chi connectivity index (χ2n) is 6.59. The van der Waals surface area contributed by atoms with E-state index in [0.29, 0.717) is 13.2 Å². The Balaban J connectivity index is 1.81. The molecule has 0 amide bonds. The summed E-state index contributed by atoms with van der Waals surface area (Å²) in [5, 5.41) is 20.0. The minimum absolute atomic E-state index is 0.101. The summed E-state index contributed by atoms with van der Waals surface area (Å²) in [6, 6.07) is 11.9. The number of hydrogen-bond donors (Lipinski definition) is 1. The Labute approximate surface area is 145 Å². The summed E-state index contributed by atoms with van der Waals surface area (Å²) in [5.74, 6) is -1.14. The predicted molar refractivity (Wildman–Crippen MR) is 87.3 cm³/mol. The molecule has 128 valence electrons. The number of rotatable bonds is 3. The Morgan fingerprint density at radius 3 is 2.56 bits per heavy atom. The smallest absolute Gasteiger partial charge is 0.293 e. The zero-order chi connectivity index (χ0) is 17.9. The van der Waals surface area contributed by atoms with Gasteiger partial charge in [-0.15, -0.1) is 0 Å². The Bertz CT molecular complexity index is 839. The molecule has 1 saturated heterocycles. The predicted octanol–water partition coefficient (Wildman–Crippen LogP) is 1.66. The fraction of sp³-hybridized carbons (Fsp3) is 0.500. The van der Waals surface area contributed by atoms with Gasteiger partial charge in [-0.2, -0.15) is 10.5 Å². The van der Waals surface area contributed by atoms with E-state index >= 15 is 0 Å². The van der Waals surface area contributed by atoms with Crippen LogP contribution in [0.2, 0.25) is 0 Å². The van der Waals surface area contributed by atoms with E-state index < -0.39 is 22.7 Å². The number of benzene rings is 1. The van der Waals surface area contributed by atoms with Gasteiger partial charge in [0, 0.05) is 5.92 Å². The molecule has 2 aliphatic heterocycles. The molecule has 3 aliphatic rings. The Morgan fingerprint density at radius 2 is 2.04 bits per heavy atom. The average molecular weight is 338 g/mol. The van der Waals surface area contributed by atoms with Crippen LogP contribution in [-0.4, -0.2) is 31.1 Å². The summed E-state index contributed by atoms with van der Waals surface area (Å²) < 4.78 is 17.1. The first-order chi connectivity index (χ1) is 12.0. The lowest BCUT2D eigenvalue weighted by Gasteiger charge is -2.26. The van der Waals surface area contributed by atoms with E-state index in [1.54, 1.807) is 0 Å². The summed E-state index contributed by atoms with van der Waals surface area (Å²) in [6.07, 6.45) is -0.224. The van der Waals surface area contributed by atoms with Gasteiger partial charge in [0.05, 0.1) is 31.5 Å². The van der Waals surface area contributed by atoms with E-state index in [0.717, 1.165) is 11.3 Å². The van der Waals surface area contributed by atoms with Crippen LogP contribution in [0.25, 0.3) is 0 Å². The fourth-order valence-electron chi connectivity index (χ4n) is 4.28. The molecule has 5 atom stereocenters. The van der Waals surface area contributed by atoms with Crippen LogP contribution in [0.5, 0.6) is 5.75 Å². The number of nitrogens with two attached hydrogens (primary N) is 1. The van der Waals surface area contributed by atoms with Crippen molar-refractivity contribution < 1.29 is 14.2 Å². The van der Waals surface area contributed by atoms with Gasteiger partial charge in [-0.1, -0.05) is 12.1 Å². The van der Waals surface area contributed by atoms with Gasteiger partial charge in [0.2, 0.25) is 0 Å². The third-order valence-electron chi connectivity index (χ3n) is 5.33. The highest BCUT2D eigenvalue weighted by Gasteiger charge is 2.94. The van der Waals surface area contributed by atoms with Crippen molar-refractivity contribution in [3.8, 4) is 17.9 Å². The first-order valence-electron chi connectivity index (χ1n) is 8.24. The third-order valence-corrected chi connectivity index (χ3v) is 5.33. The van der Waals surface area contributed by atoms with Gasteiger partial charge >= 0.3 is 0 Å². The van der Waals surface area contributed by atoms with Crippen molar-refractivity contribution in [2.24, 2.45) is 21.6 Å². The van der Waals surface area contributed by atoms with Crippen molar-refractivity contribution in [2.45, 2.75) is 31.8 Å². The number of nitriles is 2. The van der Waals surface area contributed by atoms with Crippen LogP contribution in [0.3, 0.4) is 0 Å². The van der Waals surface area contributed by atoms with Crippen molar-refractivity contribution in [1.82, 2.24) is 0 Å². The summed E-state index contributed by atoms with van der Waals surface area (Å²) in [5.41, 5.74) is 4.42. The van der Waals surface area contributed by atoms with Crippen molar-refractivity contribution in [2.75, 3.05) is 13.2 Å². The lowest BCUT2D eigenvalue weighted by Crippen LogP contribution is -2.39. The zero-order valence-corrected chi connectivity index (χ0v) is 14.0. The molecule has 2 heterocycles. The summed E-state index contributed by atoms with van der Waals surface area (Å²) in [4.78, 5) is 4.29. The first kappa shape index (κ1) is 15.9. The van der Waals surface area contributed by atoms with Gasteiger partial charge < -0.3 is 19.9 Å². The SMILES string of the molecule is CCOc1ccc([C@H]2[C@]3(C#N)[C@]4(N=C(N)[C@@]23C#N)OC[C@@H](C)O4)cc1. The molecule has 1 spiro atoms. The standard InChI is InChI=1S/C18H18N4O3/c1-3-23-13-6-4-12(5-7-13)14-16(9-19)15(21)22-18(17(14,16)10-20)24-8-11(2)25-18/h4-7,11,14H,3,8H2,1-2H3,(H2,21,22)/t11-,14-,16-,17+,18+/m1/s1. The molecule has 2 N–H and O–H groups in total. The van der Waals surface area contributed by atoms with Crippen molar-refractivity contribution >= 4 is 5.84 Å². The van der Waals surface area contributed by atoms with Gasteiger partial charge in [-0.25, -0.2) is 4.99 Å². The first-order valence-corrected chi connectivity index (χ1v) is 8.24. The topological polar surface area (TPSA) is 114 Å². The number of ether oxygens (including phenoxy) is 3. The maximum atomic E-state index is 10.0. The molecule has 2 fully saturated rings. The average Bonchev–Trinajstić information content (AvgIpc) is 3.00. The second kappa shape index (κ2) is 4.95. The highest BCUT2D eigenvalue weighted by atomic mass is 16.8. The maximum Gasteiger partial charge on any atom is 0.293 e. The number of hydrogen-bond acceptors (Lipinski definition) is 7. The third kappa shape index (κ3) is 1.62. The van der Waals surface area contributed by atoms with Crippen molar-refractivity contribution in [1.29, 1.82) is 10.5 Å². The zero-order valence-electron chi connectivity index (χ0n) is 14.0. The van der Waals surface area contributed by atoms with Gasteiger partial charge in [0.25, 0.3) is 5.91 Å². The molecule has 0 aromatic heterocycles. The molecule has 7 heteroatoms. The highest BCUT2D eigenvalue weighted by Crippen LogP contribution is 2.82. The molecule has 1 aromatic rings. The molecule has 1 saturated carbocycles. The lowest BCUT2D eigenvalue weighted by molar-refractivity contribution is -0.193. The van der Waals surface area contributed by atoms with Gasteiger partial charge in [0.1, 0.15) is 17.0 Å². The van der Waals surface area contributed by atoms with E-state index in [1.807, 2.05) is 38.1 Å². The quantitative estimate of drug-likeness (QED) is 0.896. The Morgan fingerprint density at radius 1 is 1.32 bits per heavy atom. The number of fused-ring (bicyclic) bond motifs is 2. The molecular weight excluding hydrogens is 320 g/mol. The summed E-state index contributed by atoms with van der Waals surface area (Å²) in [7, 11) is 0. The molecule has 7 nitrogen and oxygen atoms in total. The lowest BCUT2D eigenvalue weighted by atomic mass is 9.94. The highest BCUT2D eigenvalue weighted by molar-refractivity contribution is 6.00. The van der Waals surface area contributed by atoms with E-state index in [9.17, 15) is 10.5 Å². The van der Waals surface area contributed by atoms with Gasteiger partial charge in [0.15, 0.2) is 5.41 Å². The Hall–Kier alpha value is -2.61. The fourth-order valence-corrected chi connectivity index (χ4v) is 4.28. The van der Waals surface area contributed by atoms with Crippen molar-refractivity contribution in [3.63, 3.8) is 0 Å². The monoisotopic (exact) mass is 338 g/mol.